The zero-order valence-corrected chi connectivity index (χ0v) is 10.5. The molecule has 0 radical (unpaired) electrons. The first kappa shape index (κ1) is 11.2. The van der Waals surface area contributed by atoms with Gasteiger partial charge in [0.2, 0.25) is 0 Å². The van der Waals surface area contributed by atoms with Gasteiger partial charge in [-0.1, -0.05) is 11.6 Å². The first-order chi connectivity index (χ1) is 7.49. The van der Waals surface area contributed by atoms with Gasteiger partial charge in [0, 0.05) is 6.07 Å². The molecule has 16 heavy (non-hydrogen) atoms. The fraction of sp³-hybridized carbons (Fsp3) is 0.455. The van der Waals surface area contributed by atoms with Crippen molar-refractivity contribution in [2.45, 2.75) is 33.8 Å². The minimum absolute atomic E-state index is 0.0829. The molecule has 5 heteroatoms. The van der Waals surface area contributed by atoms with Crippen LogP contribution >= 0.6 is 11.6 Å². The number of rotatable bonds is 2. The van der Waals surface area contributed by atoms with Gasteiger partial charge in [0.1, 0.15) is 0 Å². The fourth-order valence-electron chi connectivity index (χ4n) is 1.52. The Bertz CT molecular complexity index is 533. The van der Waals surface area contributed by atoms with Crippen molar-refractivity contribution < 1.29 is 4.74 Å². The van der Waals surface area contributed by atoms with Gasteiger partial charge >= 0.3 is 0 Å². The Morgan fingerprint density at radius 3 is 2.69 bits per heavy atom. The smallest absolute Gasteiger partial charge is 0.196 e. The third-order valence-electron chi connectivity index (χ3n) is 2.34. The van der Waals surface area contributed by atoms with Crippen molar-refractivity contribution in [3.05, 3.63) is 22.6 Å². The Morgan fingerprint density at radius 1 is 1.38 bits per heavy atom. The molecule has 86 valence electrons. The second kappa shape index (κ2) is 3.94. The Kier molecular flexibility index (Phi) is 2.76. The van der Waals surface area contributed by atoms with Gasteiger partial charge in [-0.3, -0.25) is 0 Å². The zero-order valence-electron chi connectivity index (χ0n) is 9.78. The lowest BCUT2D eigenvalue weighted by Gasteiger charge is -2.10. The molecule has 0 saturated carbocycles. The van der Waals surface area contributed by atoms with Crippen molar-refractivity contribution >= 4 is 17.2 Å². The lowest BCUT2D eigenvalue weighted by Crippen LogP contribution is -2.08. The van der Waals surface area contributed by atoms with E-state index in [0.29, 0.717) is 16.5 Å². The van der Waals surface area contributed by atoms with E-state index in [1.807, 2.05) is 27.7 Å². The molecule has 2 heterocycles. The van der Waals surface area contributed by atoms with Crippen LogP contribution < -0.4 is 4.74 Å². The summed E-state index contributed by atoms with van der Waals surface area (Å²) in [6.45, 7) is 7.83. The molecular formula is C11H14ClN3O. The molecule has 0 aromatic carbocycles. The van der Waals surface area contributed by atoms with Gasteiger partial charge in [0.25, 0.3) is 0 Å². The summed E-state index contributed by atoms with van der Waals surface area (Å²) >= 11 is 5.95. The van der Waals surface area contributed by atoms with Crippen molar-refractivity contribution in [1.82, 2.24) is 14.6 Å². The van der Waals surface area contributed by atoms with E-state index in [1.54, 1.807) is 10.6 Å². The zero-order chi connectivity index (χ0) is 11.9. The van der Waals surface area contributed by atoms with Crippen LogP contribution in [0.1, 0.15) is 25.2 Å². The van der Waals surface area contributed by atoms with Crippen LogP contribution in [-0.2, 0) is 0 Å². The second-order valence-electron chi connectivity index (χ2n) is 4.02. The number of fused-ring (bicyclic) bond motifs is 1. The minimum atomic E-state index is 0.0829. The highest BCUT2D eigenvalue weighted by Crippen LogP contribution is 2.24. The Balaban J connectivity index is 2.68. The Morgan fingerprint density at radius 2 is 2.06 bits per heavy atom. The predicted molar refractivity (Wildman–Crippen MR) is 63.2 cm³/mol. The van der Waals surface area contributed by atoms with Crippen LogP contribution in [0.5, 0.6) is 5.75 Å². The average Bonchev–Trinajstić information content (AvgIpc) is 2.44. The minimum Gasteiger partial charge on any atom is -0.487 e. The van der Waals surface area contributed by atoms with Crippen LogP contribution in [-0.4, -0.2) is 20.7 Å². The number of ether oxygens (including phenoxy) is 1. The molecule has 2 aromatic rings. The maximum Gasteiger partial charge on any atom is 0.196 e. The molecule has 0 N–H and O–H groups in total. The van der Waals surface area contributed by atoms with Crippen LogP contribution in [0.25, 0.3) is 5.65 Å². The molecule has 0 aliphatic heterocycles. The lowest BCUT2D eigenvalue weighted by atomic mass is 10.4. The van der Waals surface area contributed by atoms with Gasteiger partial charge in [0.15, 0.2) is 16.5 Å². The molecule has 0 bridgehead atoms. The molecule has 0 saturated heterocycles. The maximum atomic E-state index is 5.95. The highest BCUT2D eigenvalue weighted by Gasteiger charge is 2.13. The van der Waals surface area contributed by atoms with Crippen molar-refractivity contribution in [3.63, 3.8) is 0 Å². The summed E-state index contributed by atoms with van der Waals surface area (Å²) < 4.78 is 7.39. The van der Waals surface area contributed by atoms with Gasteiger partial charge < -0.3 is 4.74 Å². The second-order valence-corrected chi connectivity index (χ2v) is 4.40. The van der Waals surface area contributed by atoms with Gasteiger partial charge in [-0.25, -0.2) is 9.50 Å². The monoisotopic (exact) mass is 239 g/mol. The number of imidazole rings is 1. The van der Waals surface area contributed by atoms with Gasteiger partial charge in [-0.2, -0.15) is 5.10 Å². The van der Waals surface area contributed by atoms with Crippen LogP contribution in [0, 0.1) is 13.8 Å². The molecule has 0 aliphatic rings. The normalized spacial score (nSPS) is 11.4. The summed E-state index contributed by atoms with van der Waals surface area (Å²) in [6.07, 6.45) is 0.0829. The SMILES string of the molecule is Cc1nc2c(OC(C)C)cc(Cl)nn2c1C. The Hall–Kier alpha value is -1.29. The van der Waals surface area contributed by atoms with E-state index in [4.69, 9.17) is 16.3 Å². The summed E-state index contributed by atoms with van der Waals surface area (Å²) in [5, 5.41) is 4.61. The third kappa shape index (κ3) is 1.85. The van der Waals surface area contributed by atoms with Crippen LogP contribution in [0.15, 0.2) is 6.07 Å². The fourth-order valence-corrected chi connectivity index (χ4v) is 1.69. The molecule has 4 nitrogen and oxygen atoms in total. The molecule has 0 fully saturated rings. The molecule has 0 aliphatic carbocycles. The topological polar surface area (TPSA) is 39.4 Å². The van der Waals surface area contributed by atoms with Crippen molar-refractivity contribution in [1.29, 1.82) is 0 Å². The Labute approximate surface area is 99.2 Å². The molecule has 2 rings (SSSR count). The molecular weight excluding hydrogens is 226 g/mol. The predicted octanol–water partition coefficient (Wildman–Crippen LogP) is 2.79. The molecule has 0 unspecified atom stereocenters. The summed E-state index contributed by atoms with van der Waals surface area (Å²) in [5.41, 5.74) is 2.63. The van der Waals surface area contributed by atoms with Gasteiger partial charge in [-0.05, 0) is 27.7 Å². The van der Waals surface area contributed by atoms with Crippen LogP contribution in [0.4, 0.5) is 0 Å². The summed E-state index contributed by atoms with van der Waals surface area (Å²) in [6, 6.07) is 1.70. The number of aromatic nitrogens is 3. The average molecular weight is 240 g/mol. The molecule has 0 atom stereocenters. The molecule has 0 amide bonds. The first-order valence-electron chi connectivity index (χ1n) is 5.18. The van der Waals surface area contributed by atoms with Crippen molar-refractivity contribution in [2.24, 2.45) is 0 Å². The van der Waals surface area contributed by atoms with Crippen molar-refractivity contribution in [3.8, 4) is 5.75 Å². The quantitative estimate of drug-likeness (QED) is 0.809. The standard InChI is InChI=1S/C11H14ClN3O/c1-6(2)16-9-5-10(12)14-15-8(4)7(3)13-11(9)15/h5-6H,1-4H3. The van der Waals surface area contributed by atoms with Gasteiger partial charge in [0.05, 0.1) is 17.5 Å². The molecule has 0 spiro atoms. The van der Waals surface area contributed by atoms with E-state index in [-0.39, 0.29) is 6.10 Å². The van der Waals surface area contributed by atoms with E-state index in [1.165, 1.54) is 0 Å². The van der Waals surface area contributed by atoms with Crippen molar-refractivity contribution in [2.75, 3.05) is 0 Å². The highest BCUT2D eigenvalue weighted by atomic mass is 35.5. The molecule has 2 aromatic heterocycles. The largest absolute Gasteiger partial charge is 0.487 e. The van der Waals surface area contributed by atoms with E-state index >= 15 is 0 Å². The van der Waals surface area contributed by atoms with E-state index in [2.05, 4.69) is 10.1 Å². The number of nitrogens with zero attached hydrogens (tertiary/aromatic N) is 3. The first-order valence-corrected chi connectivity index (χ1v) is 5.56. The maximum absolute atomic E-state index is 5.95. The lowest BCUT2D eigenvalue weighted by molar-refractivity contribution is 0.243. The number of hydrogen-bond acceptors (Lipinski definition) is 3. The van der Waals surface area contributed by atoms with E-state index < -0.39 is 0 Å². The third-order valence-corrected chi connectivity index (χ3v) is 2.53. The van der Waals surface area contributed by atoms with Crippen LogP contribution in [0.2, 0.25) is 5.15 Å². The summed E-state index contributed by atoms with van der Waals surface area (Å²) in [5.74, 6) is 0.672. The van der Waals surface area contributed by atoms with E-state index in [9.17, 15) is 0 Å². The van der Waals surface area contributed by atoms with Crippen LogP contribution in [0.3, 0.4) is 0 Å². The van der Waals surface area contributed by atoms with Gasteiger partial charge in [-0.15, -0.1) is 0 Å². The summed E-state index contributed by atoms with van der Waals surface area (Å²) in [7, 11) is 0. The highest BCUT2D eigenvalue weighted by molar-refractivity contribution is 6.29. The summed E-state index contributed by atoms with van der Waals surface area (Å²) in [4.78, 5) is 4.42. The number of aryl methyl sites for hydroxylation is 2. The number of hydrogen-bond donors (Lipinski definition) is 0. The van der Waals surface area contributed by atoms with E-state index in [0.717, 1.165) is 11.4 Å². The number of halogens is 1.